The summed E-state index contributed by atoms with van der Waals surface area (Å²) >= 11 is 0. The van der Waals surface area contributed by atoms with Gasteiger partial charge in [0.05, 0.1) is 6.04 Å². The monoisotopic (exact) mass is 210 g/mol. The number of hydrogen-bond donors (Lipinski definition) is 1. The molecule has 2 fully saturated rings. The Morgan fingerprint density at radius 3 is 2.67 bits per heavy atom. The average molecular weight is 210 g/mol. The van der Waals surface area contributed by atoms with E-state index in [2.05, 4.69) is 5.32 Å². The van der Waals surface area contributed by atoms with Gasteiger partial charge >= 0.3 is 0 Å². The number of piperidine rings is 1. The molecular formula is C11H18N2O2. The SMILES string of the molecule is CN1C(=O)CCC(NCC2CCC2)C1=O. The molecule has 2 aliphatic rings. The van der Waals surface area contributed by atoms with Crippen molar-refractivity contribution in [3.63, 3.8) is 0 Å². The maximum Gasteiger partial charge on any atom is 0.246 e. The number of imide groups is 1. The predicted molar refractivity (Wildman–Crippen MR) is 56.1 cm³/mol. The third-order valence-electron chi connectivity index (χ3n) is 3.53. The van der Waals surface area contributed by atoms with Crippen molar-refractivity contribution in [2.24, 2.45) is 5.92 Å². The highest BCUT2D eigenvalue weighted by molar-refractivity contribution is 6.00. The predicted octanol–water partition coefficient (Wildman–Crippen LogP) is 0.523. The van der Waals surface area contributed by atoms with Crippen molar-refractivity contribution in [1.29, 1.82) is 0 Å². The highest BCUT2D eigenvalue weighted by Crippen LogP contribution is 2.25. The lowest BCUT2D eigenvalue weighted by Gasteiger charge is -2.31. The van der Waals surface area contributed by atoms with Crippen LogP contribution in [0.5, 0.6) is 0 Å². The van der Waals surface area contributed by atoms with Crippen molar-refractivity contribution in [3.05, 3.63) is 0 Å². The van der Waals surface area contributed by atoms with Gasteiger partial charge in [-0.15, -0.1) is 0 Å². The summed E-state index contributed by atoms with van der Waals surface area (Å²) in [5, 5.41) is 3.28. The molecule has 0 radical (unpaired) electrons. The first-order valence-corrected chi connectivity index (χ1v) is 5.72. The van der Waals surface area contributed by atoms with Gasteiger partial charge in [0.15, 0.2) is 0 Å². The Morgan fingerprint density at radius 1 is 1.33 bits per heavy atom. The fourth-order valence-corrected chi connectivity index (χ4v) is 2.11. The minimum Gasteiger partial charge on any atom is -0.306 e. The number of nitrogens with one attached hydrogen (secondary N) is 1. The fourth-order valence-electron chi connectivity index (χ4n) is 2.11. The van der Waals surface area contributed by atoms with E-state index >= 15 is 0 Å². The molecule has 1 unspecified atom stereocenters. The molecule has 0 bridgehead atoms. The second-order valence-corrected chi connectivity index (χ2v) is 4.59. The zero-order chi connectivity index (χ0) is 10.8. The van der Waals surface area contributed by atoms with Gasteiger partial charge < -0.3 is 5.32 Å². The summed E-state index contributed by atoms with van der Waals surface area (Å²) in [6.07, 6.45) is 5.04. The van der Waals surface area contributed by atoms with Gasteiger partial charge in [0.2, 0.25) is 11.8 Å². The molecule has 4 nitrogen and oxygen atoms in total. The average Bonchev–Trinajstić information content (AvgIpc) is 2.15. The molecule has 1 saturated carbocycles. The summed E-state index contributed by atoms with van der Waals surface area (Å²) in [6, 6.07) is -0.131. The Morgan fingerprint density at radius 2 is 2.07 bits per heavy atom. The molecule has 0 aromatic heterocycles. The Hall–Kier alpha value is -0.900. The van der Waals surface area contributed by atoms with Crippen molar-refractivity contribution >= 4 is 11.8 Å². The second kappa shape index (κ2) is 4.31. The molecule has 15 heavy (non-hydrogen) atoms. The first-order chi connectivity index (χ1) is 7.18. The largest absolute Gasteiger partial charge is 0.306 e. The lowest BCUT2D eigenvalue weighted by atomic mass is 9.85. The topological polar surface area (TPSA) is 49.4 Å². The maximum absolute atomic E-state index is 11.7. The first-order valence-electron chi connectivity index (χ1n) is 5.72. The molecular weight excluding hydrogens is 192 g/mol. The van der Waals surface area contributed by atoms with E-state index in [1.807, 2.05) is 0 Å². The highest BCUT2D eigenvalue weighted by atomic mass is 16.2. The number of rotatable bonds is 3. The molecule has 1 atom stereocenters. The summed E-state index contributed by atoms with van der Waals surface area (Å²) < 4.78 is 0. The Bertz CT molecular complexity index is 274. The summed E-state index contributed by atoms with van der Waals surface area (Å²) in [5.74, 6) is 0.632. The number of carbonyl (C=O) groups is 2. The van der Waals surface area contributed by atoms with E-state index in [0.29, 0.717) is 12.8 Å². The smallest absolute Gasteiger partial charge is 0.246 e. The molecule has 84 valence electrons. The number of nitrogens with zero attached hydrogens (tertiary/aromatic N) is 1. The van der Waals surface area contributed by atoms with Crippen molar-refractivity contribution < 1.29 is 9.59 Å². The van der Waals surface area contributed by atoms with Crippen molar-refractivity contribution in [2.45, 2.75) is 38.1 Å². The molecule has 1 heterocycles. The zero-order valence-electron chi connectivity index (χ0n) is 9.16. The van der Waals surface area contributed by atoms with Crippen molar-refractivity contribution in [3.8, 4) is 0 Å². The van der Waals surface area contributed by atoms with Gasteiger partial charge in [0.25, 0.3) is 0 Å². The van der Waals surface area contributed by atoms with Crippen molar-refractivity contribution in [1.82, 2.24) is 10.2 Å². The van der Waals surface area contributed by atoms with E-state index in [1.165, 1.54) is 24.2 Å². The van der Waals surface area contributed by atoms with Gasteiger partial charge in [0.1, 0.15) is 0 Å². The molecule has 0 aromatic carbocycles. The van der Waals surface area contributed by atoms with E-state index in [-0.39, 0.29) is 17.9 Å². The van der Waals surface area contributed by atoms with E-state index in [4.69, 9.17) is 0 Å². The first kappa shape index (κ1) is 10.6. The van der Waals surface area contributed by atoms with E-state index in [9.17, 15) is 9.59 Å². The van der Waals surface area contributed by atoms with E-state index in [1.54, 1.807) is 7.05 Å². The Labute approximate surface area is 90.0 Å². The summed E-state index contributed by atoms with van der Waals surface area (Å²) in [7, 11) is 1.57. The van der Waals surface area contributed by atoms with Gasteiger partial charge in [-0.2, -0.15) is 0 Å². The quantitative estimate of drug-likeness (QED) is 0.691. The van der Waals surface area contributed by atoms with Gasteiger partial charge in [-0.25, -0.2) is 0 Å². The number of carbonyl (C=O) groups excluding carboxylic acids is 2. The Kier molecular flexibility index (Phi) is 3.05. The van der Waals surface area contributed by atoms with Crippen LogP contribution in [0.4, 0.5) is 0 Å². The summed E-state index contributed by atoms with van der Waals surface area (Å²) in [5.41, 5.74) is 0. The lowest BCUT2D eigenvalue weighted by molar-refractivity contribution is -0.148. The van der Waals surface area contributed by atoms with Crippen LogP contribution in [0, 0.1) is 5.92 Å². The van der Waals surface area contributed by atoms with Crippen LogP contribution in [0.15, 0.2) is 0 Å². The third-order valence-corrected chi connectivity index (χ3v) is 3.53. The van der Waals surface area contributed by atoms with Crippen LogP contribution in [0.25, 0.3) is 0 Å². The number of hydrogen-bond acceptors (Lipinski definition) is 3. The standard InChI is InChI=1S/C11H18N2O2/c1-13-10(14)6-5-9(11(13)15)12-7-8-3-2-4-8/h8-9,12H,2-7H2,1H3. The second-order valence-electron chi connectivity index (χ2n) is 4.59. The molecule has 4 heteroatoms. The van der Waals surface area contributed by atoms with Gasteiger partial charge in [0, 0.05) is 13.5 Å². The van der Waals surface area contributed by atoms with Crippen LogP contribution in [-0.4, -0.2) is 36.3 Å². The van der Waals surface area contributed by atoms with Gasteiger partial charge in [-0.05, 0) is 31.7 Å². The highest BCUT2D eigenvalue weighted by Gasteiger charge is 2.32. The van der Waals surface area contributed by atoms with E-state index < -0.39 is 0 Å². The number of amides is 2. The molecule has 1 N–H and O–H groups in total. The van der Waals surface area contributed by atoms with Gasteiger partial charge in [-0.1, -0.05) is 6.42 Å². The molecule has 0 spiro atoms. The van der Waals surface area contributed by atoms with Crippen molar-refractivity contribution in [2.75, 3.05) is 13.6 Å². The molecule has 1 aliphatic heterocycles. The number of likely N-dealkylation sites (tertiary alicyclic amines) is 1. The lowest BCUT2D eigenvalue weighted by Crippen LogP contribution is -2.52. The summed E-state index contributed by atoms with van der Waals surface area (Å²) in [6.45, 7) is 0.929. The van der Waals surface area contributed by atoms with Crippen LogP contribution < -0.4 is 5.32 Å². The molecule has 1 saturated heterocycles. The van der Waals surface area contributed by atoms with Crippen LogP contribution in [0.1, 0.15) is 32.1 Å². The van der Waals surface area contributed by atoms with E-state index in [0.717, 1.165) is 12.5 Å². The number of likely N-dealkylation sites (N-methyl/N-ethyl adjacent to an activating group) is 1. The minimum absolute atomic E-state index is 0.0540. The normalized spacial score (nSPS) is 28.1. The maximum atomic E-state index is 11.7. The summed E-state index contributed by atoms with van der Waals surface area (Å²) in [4.78, 5) is 24.2. The molecule has 0 aromatic rings. The van der Waals surface area contributed by atoms with Gasteiger partial charge in [-0.3, -0.25) is 14.5 Å². The molecule has 2 amide bonds. The van der Waals surface area contributed by atoms with Crippen LogP contribution in [0.2, 0.25) is 0 Å². The minimum atomic E-state index is -0.131. The third kappa shape index (κ3) is 2.20. The molecule has 2 rings (SSSR count). The van der Waals surface area contributed by atoms with Crippen LogP contribution in [-0.2, 0) is 9.59 Å². The Balaban J connectivity index is 1.81. The fraction of sp³-hybridized carbons (Fsp3) is 0.818. The molecule has 1 aliphatic carbocycles. The van der Waals surface area contributed by atoms with Crippen LogP contribution in [0.3, 0.4) is 0 Å². The zero-order valence-corrected chi connectivity index (χ0v) is 9.16. The van der Waals surface area contributed by atoms with Crippen LogP contribution >= 0.6 is 0 Å².